The van der Waals surface area contributed by atoms with Crippen LogP contribution in [0.15, 0.2) is 78.9 Å². The Morgan fingerprint density at radius 1 is 0.808 bits per heavy atom. The highest BCUT2D eigenvalue weighted by molar-refractivity contribution is 5.78. The second kappa shape index (κ2) is 5.64. The van der Waals surface area contributed by atoms with Gasteiger partial charge in [-0.15, -0.1) is 0 Å². The van der Waals surface area contributed by atoms with Crippen molar-refractivity contribution in [1.29, 1.82) is 0 Å². The van der Waals surface area contributed by atoms with Crippen LogP contribution in [0.1, 0.15) is 16.7 Å². The zero-order valence-electron chi connectivity index (χ0n) is 14.0. The molecule has 0 aliphatic carbocycles. The highest BCUT2D eigenvalue weighted by Gasteiger charge is 2.42. The summed E-state index contributed by atoms with van der Waals surface area (Å²) in [7, 11) is 0. The van der Waals surface area contributed by atoms with Gasteiger partial charge >= 0.3 is 0 Å². The molecule has 0 fully saturated rings. The van der Waals surface area contributed by atoms with E-state index >= 15 is 0 Å². The number of fused-ring (bicyclic) bond motifs is 2. The topological polar surface area (TPSA) is 41.6 Å². The van der Waals surface area contributed by atoms with Gasteiger partial charge in [-0.2, -0.15) is 0 Å². The smallest absolute Gasteiger partial charge is 0.231 e. The van der Waals surface area contributed by atoms with Crippen molar-refractivity contribution >= 4 is 11.8 Å². The van der Waals surface area contributed by atoms with Gasteiger partial charge in [0.1, 0.15) is 5.54 Å². The van der Waals surface area contributed by atoms with E-state index in [0.717, 1.165) is 21.8 Å². The van der Waals surface area contributed by atoms with Crippen molar-refractivity contribution in [1.82, 2.24) is 0 Å². The van der Waals surface area contributed by atoms with Crippen LogP contribution in [-0.2, 0) is 10.7 Å². The maximum Gasteiger partial charge on any atom is 0.231 e. The first-order valence-corrected chi connectivity index (χ1v) is 8.50. The van der Waals surface area contributed by atoms with Crippen LogP contribution >= 0.6 is 0 Å². The molecule has 2 heterocycles. The van der Waals surface area contributed by atoms with Crippen LogP contribution in [0, 0.1) is 0 Å². The molecule has 127 valence electrons. The van der Waals surface area contributed by atoms with E-state index in [-0.39, 0.29) is 6.79 Å². The lowest BCUT2D eigenvalue weighted by atomic mass is 9.79. The molecule has 1 radical (unpaired) electrons. The van der Waals surface area contributed by atoms with Crippen LogP contribution < -0.4 is 14.5 Å². The third-order valence-electron chi connectivity index (χ3n) is 4.99. The zero-order valence-corrected chi connectivity index (χ0v) is 14.0. The minimum absolute atomic E-state index is 0.184. The van der Waals surface area contributed by atoms with E-state index < -0.39 is 5.54 Å². The predicted octanol–water partition coefficient (Wildman–Crippen LogP) is 4.54. The molecule has 0 amide bonds. The molecule has 3 aromatic carbocycles. The Bertz CT molecular complexity index is 944. The highest BCUT2D eigenvalue weighted by Crippen LogP contribution is 2.48. The van der Waals surface area contributed by atoms with E-state index in [1.807, 2.05) is 78.9 Å². The number of hydroxylamine groups is 1. The fourth-order valence-corrected chi connectivity index (χ4v) is 3.70. The average Bonchev–Trinajstić information content (AvgIpc) is 3.16. The standard InChI is InChI=1S/C22H16NO3/c24-23-19-14-21-20(25-15-26-21)13-16(19)11-12-22(23,17-7-3-1-4-8-17)18-9-5-2-6-10-18/h1-14H,15H2. The van der Waals surface area contributed by atoms with Crippen LogP contribution in [0.3, 0.4) is 0 Å². The maximum atomic E-state index is 13.7. The summed E-state index contributed by atoms with van der Waals surface area (Å²) < 4.78 is 10.9. The van der Waals surface area contributed by atoms with Crippen molar-refractivity contribution in [2.75, 3.05) is 11.9 Å². The van der Waals surface area contributed by atoms with Gasteiger partial charge in [0.15, 0.2) is 11.5 Å². The van der Waals surface area contributed by atoms with Crippen LogP contribution in [0.25, 0.3) is 6.08 Å². The summed E-state index contributed by atoms with van der Waals surface area (Å²) in [4.78, 5) is 0. The van der Waals surface area contributed by atoms with Crippen molar-refractivity contribution in [3.63, 3.8) is 0 Å². The molecule has 0 N–H and O–H groups in total. The van der Waals surface area contributed by atoms with Gasteiger partial charge in [-0.3, -0.25) is 0 Å². The van der Waals surface area contributed by atoms with Crippen molar-refractivity contribution in [2.45, 2.75) is 5.54 Å². The number of hydrogen-bond donors (Lipinski definition) is 0. The molecular weight excluding hydrogens is 326 g/mol. The quantitative estimate of drug-likeness (QED) is 0.687. The summed E-state index contributed by atoms with van der Waals surface area (Å²) in [5, 5.41) is 14.8. The number of ether oxygens (including phenoxy) is 2. The Morgan fingerprint density at radius 2 is 1.38 bits per heavy atom. The molecule has 4 heteroatoms. The lowest BCUT2D eigenvalue weighted by Gasteiger charge is -2.41. The molecule has 3 aromatic rings. The Balaban J connectivity index is 1.75. The van der Waals surface area contributed by atoms with E-state index in [0.29, 0.717) is 17.2 Å². The second-order valence-electron chi connectivity index (χ2n) is 6.39. The minimum atomic E-state index is -0.927. The van der Waals surface area contributed by atoms with Gasteiger partial charge in [0.05, 0.1) is 5.69 Å². The van der Waals surface area contributed by atoms with E-state index in [1.165, 1.54) is 0 Å². The van der Waals surface area contributed by atoms with Crippen LogP contribution in [0.5, 0.6) is 11.5 Å². The monoisotopic (exact) mass is 342 g/mol. The van der Waals surface area contributed by atoms with Gasteiger partial charge in [0.2, 0.25) is 6.79 Å². The molecule has 26 heavy (non-hydrogen) atoms. The highest BCUT2D eigenvalue weighted by atomic mass is 16.7. The fraction of sp³-hybridized carbons (Fsp3) is 0.0909. The molecule has 0 saturated heterocycles. The molecule has 5 rings (SSSR count). The number of nitrogens with zero attached hydrogens (tertiary/aromatic N) is 1. The van der Waals surface area contributed by atoms with Crippen molar-refractivity contribution in [2.24, 2.45) is 0 Å². The minimum Gasteiger partial charge on any atom is -0.454 e. The van der Waals surface area contributed by atoms with E-state index in [1.54, 1.807) is 6.07 Å². The summed E-state index contributed by atoms with van der Waals surface area (Å²) in [6.07, 6.45) is 3.96. The van der Waals surface area contributed by atoms with Crippen molar-refractivity contribution in [3.8, 4) is 11.5 Å². The van der Waals surface area contributed by atoms with Gasteiger partial charge in [-0.1, -0.05) is 71.9 Å². The summed E-state index contributed by atoms with van der Waals surface area (Å²) in [6.45, 7) is 0.184. The maximum absolute atomic E-state index is 13.7. The molecule has 0 aromatic heterocycles. The van der Waals surface area contributed by atoms with Crippen molar-refractivity contribution < 1.29 is 14.7 Å². The van der Waals surface area contributed by atoms with E-state index in [2.05, 4.69) is 0 Å². The predicted molar refractivity (Wildman–Crippen MR) is 98.4 cm³/mol. The summed E-state index contributed by atoms with van der Waals surface area (Å²) >= 11 is 0. The third kappa shape index (κ3) is 2.06. The van der Waals surface area contributed by atoms with Gasteiger partial charge < -0.3 is 9.47 Å². The van der Waals surface area contributed by atoms with Gasteiger partial charge in [-0.25, -0.2) is 5.06 Å². The Labute approximate surface area is 151 Å². The molecule has 0 spiro atoms. The Morgan fingerprint density at radius 3 is 2.00 bits per heavy atom. The molecule has 2 aliphatic rings. The fourth-order valence-electron chi connectivity index (χ4n) is 3.70. The number of rotatable bonds is 2. The Hall–Kier alpha value is -3.24. The van der Waals surface area contributed by atoms with Gasteiger partial charge in [0, 0.05) is 11.6 Å². The first-order valence-electron chi connectivity index (χ1n) is 8.50. The average molecular weight is 342 g/mol. The van der Waals surface area contributed by atoms with Crippen LogP contribution in [0.2, 0.25) is 0 Å². The van der Waals surface area contributed by atoms with Crippen LogP contribution in [0.4, 0.5) is 5.69 Å². The number of anilines is 1. The lowest BCUT2D eigenvalue weighted by molar-refractivity contribution is 0.113. The van der Waals surface area contributed by atoms with Crippen LogP contribution in [-0.4, -0.2) is 6.79 Å². The molecule has 2 aliphatic heterocycles. The van der Waals surface area contributed by atoms with Gasteiger partial charge in [-0.05, 0) is 23.3 Å². The normalized spacial score (nSPS) is 16.4. The molecule has 0 atom stereocenters. The summed E-state index contributed by atoms with van der Waals surface area (Å²) in [5.74, 6) is 1.28. The van der Waals surface area contributed by atoms with Crippen molar-refractivity contribution in [3.05, 3.63) is 95.6 Å². The van der Waals surface area contributed by atoms with Gasteiger partial charge in [0.25, 0.3) is 0 Å². The third-order valence-corrected chi connectivity index (χ3v) is 4.99. The zero-order chi connectivity index (χ0) is 17.6. The summed E-state index contributed by atoms with van der Waals surface area (Å²) in [5.41, 5.74) is 2.31. The molecular formula is C22H16NO3. The lowest BCUT2D eigenvalue weighted by Crippen LogP contribution is -2.44. The number of benzene rings is 3. The first kappa shape index (κ1) is 15.0. The summed E-state index contributed by atoms with van der Waals surface area (Å²) in [6, 6.07) is 23.3. The second-order valence-corrected chi connectivity index (χ2v) is 6.39. The van der Waals surface area contributed by atoms with E-state index in [4.69, 9.17) is 9.47 Å². The molecule has 0 bridgehead atoms. The first-order chi connectivity index (χ1) is 12.8. The Kier molecular flexibility index (Phi) is 3.27. The van der Waals surface area contributed by atoms with E-state index in [9.17, 15) is 5.21 Å². The molecule has 0 saturated carbocycles. The SMILES string of the molecule is [O]N1c2cc3c(cc2C=CC1(c1ccccc1)c1ccccc1)OCO3. The molecule has 4 nitrogen and oxygen atoms in total. The molecule has 0 unspecified atom stereocenters. The number of hydrogen-bond acceptors (Lipinski definition) is 3. The largest absolute Gasteiger partial charge is 0.454 e.